The molecule has 0 radical (unpaired) electrons. The van der Waals surface area contributed by atoms with Gasteiger partial charge in [0.25, 0.3) is 0 Å². The van der Waals surface area contributed by atoms with Gasteiger partial charge < -0.3 is 5.73 Å². The molecule has 0 aliphatic carbocycles. The molecule has 1 aromatic carbocycles. The lowest BCUT2D eigenvalue weighted by molar-refractivity contribution is -0.137. The number of nitrogens with two attached hydrogens (primary N) is 1. The van der Waals surface area contributed by atoms with Gasteiger partial charge in [-0.15, -0.1) is 0 Å². The van der Waals surface area contributed by atoms with Crippen LogP contribution in [0.5, 0.6) is 0 Å². The van der Waals surface area contributed by atoms with Crippen molar-refractivity contribution in [1.82, 2.24) is 0 Å². The Hall–Kier alpha value is -1.54. The maximum atomic E-state index is 12.3. The molecule has 0 aliphatic heterocycles. The SMILES string of the molecule is N#CCC(N)c1cccc(C(F)(F)F)c1. The topological polar surface area (TPSA) is 49.8 Å². The molecule has 80 valence electrons. The molecule has 0 amide bonds. The summed E-state index contributed by atoms with van der Waals surface area (Å²) in [4.78, 5) is 0. The van der Waals surface area contributed by atoms with Gasteiger partial charge in [0.2, 0.25) is 0 Å². The summed E-state index contributed by atoms with van der Waals surface area (Å²) in [7, 11) is 0. The first-order valence-electron chi connectivity index (χ1n) is 4.25. The van der Waals surface area contributed by atoms with Gasteiger partial charge >= 0.3 is 6.18 Å². The van der Waals surface area contributed by atoms with Gasteiger partial charge in [0.1, 0.15) is 0 Å². The van der Waals surface area contributed by atoms with Gasteiger partial charge in [-0.1, -0.05) is 12.1 Å². The standard InChI is InChI=1S/C10H9F3N2/c11-10(12,13)8-3-1-2-7(6-8)9(15)4-5-14/h1-3,6,9H,4,15H2. The largest absolute Gasteiger partial charge is 0.416 e. The summed E-state index contributed by atoms with van der Waals surface area (Å²) >= 11 is 0. The summed E-state index contributed by atoms with van der Waals surface area (Å²) in [5, 5.41) is 8.37. The van der Waals surface area contributed by atoms with E-state index in [0.29, 0.717) is 5.56 Å². The Morgan fingerprint density at radius 3 is 2.60 bits per heavy atom. The zero-order valence-corrected chi connectivity index (χ0v) is 7.75. The van der Waals surface area contributed by atoms with E-state index in [1.54, 1.807) is 0 Å². The second-order valence-corrected chi connectivity index (χ2v) is 3.09. The second kappa shape index (κ2) is 4.32. The van der Waals surface area contributed by atoms with Crippen molar-refractivity contribution in [1.29, 1.82) is 5.26 Å². The molecule has 0 aliphatic rings. The summed E-state index contributed by atoms with van der Waals surface area (Å²) in [5.41, 5.74) is 5.11. The summed E-state index contributed by atoms with van der Waals surface area (Å²) in [6, 6.07) is 5.87. The molecule has 1 unspecified atom stereocenters. The Morgan fingerprint density at radius 1 is 1.40 bits per heavy atom. The van der Waals surface area contributed by atoms with Crippen LogP contribution >= 0.6 is 0 Å². The maximum absolute atomic E-state index is 12.3. The molecule has 1 atom stereocenters. The molecule has 15 heavy (non-hydrogen) atoms. The van der Waals surface area contributed by atoms with E-state index in [0.717, 1.165) is 12.1 Å². The highest BCUT2D eigenvalue weighted by molar-refractivity contribution is 5.28. The van der Waals surface area contributed by atoms with Crippen molar-refractivity contribution in [2.24, 2.45) is 5.73 Å². The zero-order valence-electron chi connectivity index (χ0n) is 7.75. The lowest BCUT2D eigenvalue weighted by atomic mass is 10.0. The molecule has 0 saturated heterocycles. The third kappa shape index (κ3) is 2.96. The summed E-state index contributed by atoms with van der Waals surface area (Å²) < 4.78 is 36.9. The van der Waals surface area contributed by atoms with E-state index in [2.05, 4.69) is 0 Å². The maximum Gasteiger partial charge on any atom is 0.416 e. The predicted molar refractivity (Wildman–Crippen MR) is 48.6 cm³/mol. The molecule has 0 saturated carbocycles. The Kier molecular flexibility index (Phi) is 3.32. The molecule has 2 nitrogen and oxygen atoms in total. The van der Waals surface area contributed by atoms with Gasteiger partial charge in [-0.25, -0.2) is 0 Å². The first-order chi connectivity index (χ1) is 6.95. The summed E-state index contributed by atoms with van der Waals surface area (Å²) in [6.45, 7) is 0. The van der Waals surface area contributed by atoms with Crippen molar-refractivity contribution in [3.63, 3.8) is 0 Å². The van der Waals surface area contributed by atoms with Crippen LogP contribution in [0, 0.1) is 11.3 Å². The van der Waals surface area contributed by atoms with Gasteiger partial charge in [0.15, 0.2) is 0 Å². The molecule has 1 aromatic rings. The minimum absolute atomic E-state index is 0.00130. The Morgan fingerprint density at radius 2 is 2.07 bits per heavy atom. The summed E-state index contributed by atoms with van der Waals surface area (Å²) in [6.07, 6.45) is -4.37. The van der Waals surface area contributed by atoms with Crippen LogP contribution in [-0.2, 0) is 6.18 Å². The highest BCUT2D eigenvalue weighted by atomic mass is 19.4. The van der Waals surface area contributed by atoms with E-state index in [1.165, 1.54) is 12.1 Å². The van der Waals surface area contributed by atoms with E-state index >= 15 is 0 Å². The average Bonchev–Trinajstić information content (AvgIpc) is 2.17. The Bertz CT molecular complexity index is 379. The minimum Gasteiger partial charge on any atom is -0.323 e. The van der Waals surface area contributed by atoms with Gasteiger partial charge in [-0.2, -0.15) is 18.4 Å². The van der Waals surface area contributed by atoms with Crippen LogP contribution in [0.2, 0.25) is 0 Å². The molecule has 0 fully saturated rings. The average molecular weight is 214 g/mol. The number of rotatable bonds is 2. The van der Waals surface area contributed by atoms with Crippen LogP contribution in [-0.4, -0.2) is 0 Å². The van der Waals surface area contributed by atoms with Gasteiger partial charge in [-0.3, -0.25) is 0 Å². The molecular formula is C10H9F3N2. The molecule has 5 heteroatoms. The fourth-order valence-electron chi connectivity index (χ4n) is 1.16. The molecule has 0 bridgehead atoms. The van der Waals surface area contributed by atoms with Crippen molar-refractivity contribution >= 4 is 0 Å². The van der Waals surface area contributed by atoms with Crippen LogP contribution in [0.3, 0.4) is 0 Å². The first kappa shape index (κ1) is 11.5. The van der Waals surface area contributed by atoms with Gasteiger partial charge in [0.05, 0.1) is 18.1 Å². The van der Waals surface area contributed by atoms with Gasteiger partial charge in [0, 0.05) is 6.04 Å². The van der Waals surface area contributed by atoms with E-state index in [1.807, 2.05) is 6.07 Å². The smallest absolute Gasteiger partial charge is 0.323 e. The lowest BCUT2D eigenvalue weighted by Crippen LogP contribution is -2.11. The van der Waals surface area contributed by atoms with Crippen molar-refractivity contribution in [3.05, 3.63) is 35.4 Å². The molecule has 1 rings (SSSR count). The van der Waals surface area contributed by atoms with Crippen LogP contribution in [0.25, 0.3) is 0 Å². The number of hydrogen-bond donors (Lipinski definition) is 1. The third-order valence-electron chi connectivity index (χ3n) is 1.95. The number of benzene rings is 1. The van der Waals surface area contributed by atoms with Crippen LogP contribution in [0.1, 0.15) is 23.6 Å². The minimum atomic E-state index is -4.37. The Balaban J connectivity index is 2.99. The van der Waals surface area contributed by atoms with E-state index in [4.69, 9.17) is 11.0 Å². The number of halogens is 3. The molecule has 2 N–H and O–H groups in total. The lowest BCUT2D eigenvalue weighted by Gasteiger charge is -2.11. The fourth-order valence-corrected chi connectivity index (χ4v) is 1.16. The van der Waals surface area contributed by atoms with Crippen molar-refractivity contribution < 1.29 is 13.2 Å². The van der Waals surface area contributed by atoms with Crippen LogP contribution in [0.4, 0.5) is 13.2 Å². The molecule has 0 spiro atoms. The Labute approximate surface area is 85.1 Å². The first-order valence-corrected chi connectivity index (χ1v) is 4.25. The number of alkyl halides is 3. The van der Waals surface area contributed by atoms with Gasteiger partial charge in [-0.05, 0) is 17.7 Å². The number of nitriles is 1. The van der Waals surface area contributed by atoms with Crippen LogP contribution < -0.4 is 5.73 Å². The highest BCUT2D eigenvalue weighted by Gasteiger charge is 2.30. The summed E-state index contributed by atoms with van der Waals surface area (Å²) in [5.74, 6) is 0. The van der Waals surface area contributed by atoms with E-state index in [9.17, 15) is 13.2 Å². The van der Waals surface area contributed by atoms with E-state index < -0.39 is 17.8 Å². The monoisotopic (exact) mass is 214 g/mol. The van der Waals surface area contributed by atoms with Crippen molar-refractivity contribution in [2.45, 2.75) is 18.6 Å². The van der Waals surface area contributed by atoms with Crippen molar-refractivity contribution in [3.8, 4) is 6.07 Å². The second-order valence-electron chi connectivity index (χ2n) is 3.09. The van der Waals surface area contributed by atoms with E-state index in [-0.39, 0.29) is 6.42 Å². The third-order valence-corrected chi connectivity index (χ3v) is 1.95. The normalized spacial score (nSPS) is 13.3. The molecule has 0 aromatic heterocycles. The molecular weight excluding hydrogens is 205 g/mol. The fraction of sp³-hybridized carbons (Fsp3) is 0.300. The quantitative estimate of drug-likeness (QED) is 0.822. The number of hydrogen-bond acceptors (Lipinski definition) is 2. The highest BCUT2D eigenvalue weighted by Crippen LogP contribution is 2.30. The van der Waals surface area contributed by atoms with Crippen molar-refractivity contribution in [2.75, 3.05) is 0 Å². The predicted octanol–water partition coefficient (Wildman–Crippen LogP) is 2.62. The molecule has 0 heterocycles. The number of nitrogens with zero attached hydrogens (tertiary/aromatic N) is 1. The van der Waals surface area contributed by atoms with Crippen LogP contribution in [0.15, 0.2) is 24.3 Å². The zero-order chi connectivity index (χ0) is 11.5.